The summed E-state index contributed by atoms with van der Waals surface area (Å²) in [6, 6.07) is 9.62. The zero-order chi connectivity index (χ0) is 24.1. The normalized spacial score (nSPS) is 18.3. The number of fused-ring (bicyclic) bond motifs is 1. The number of hydrogen-bond acceptors (Lipinski definition) is 6. The van der Waals surface area contributed by atoms with Gasteiger partial charge in [-0.15, -0.1) is 0 Å². The van der Waals surface area contributed by atoms with Crippen LogP contribution in [0, 0.1) is 5.92 Å². The van der Waals surface area contributed by atoms with E-state index in [1.165, 1.54) is 11.3 Å². The van der Waals surface area contributed by atoms with Gasteiger partial charge < -0.3 is 19.9 Å². The molecular formula is C26H34N4O4. The van der Waals surface area contributed by atoms with Crippen molar-refractivity contribution >= 4 is 17.6 Å². The number of pyridine rings is 1. The number of aromatic nitrogens is 1. The highest BCUT2D eigenvalue weighted by Gasteiger charge is 2.27. The predicted molar refractivity (Wildman–Crippen MR) is 131 cm³/mol. The maximum Gasteiger partial charge on any atom is 0.310 e. The molecule has 1 aromatic carbocycles. The Morgan fingerprint density at radius 2 is 2.03 bits per heavy atom. The molecular weight excluding hydrogens is 432 g/mol. The maximum absolute atomic E-state index is 12.7. The van der Waals surface area contributed by atoms with E-state index in [0.717, 1.165) is 50.0 Å². The summed E-state index contributed by atoms with van der Waals surface area (Å²) in [4.78, 5) is 44.6. The van der Waals surface area contributed by atoms with Gasteiger partial charge in [-0.2, -0.15) is 0 Å². The van der Waals surface area contributed by atoms with E-state index in [1.54, 1.807) is 12.1 Å². The zero-order valence-electron chi connectivity index (χ0n) is 20.1. The second-order valence-corrected chi connectivity index (χ2v) is 9.22. The molecule has 1 fully saturated rings. The number of benzene rings is 1. The molecule has 34 heavy (non-hydrogen) atoms. The lowest BCUT2D eigenvalue weighted by atomic mass is 9.98. The van der Waals surface area contributed by atoms with E-state index in [9.17, 15) is 14.4 Å². The quantitative estimate of drug-likeness (QED) is 0.609. The van der Waals surface area contributed by atoms with Gasteiger partial charge in [0.15, 0.2) is 0 Å². The summed E-state index contributed by atoms with van der Waals surface area (Å²) < 4.78 is 5.16. The van der Waals surface area contributed by atoms with Crippen LogP contribution in [0.15, 0.2) is 35.1 Å². The standard InChI is InChI=1S/C26H34N4O4/c1-3-34-26(33)20-7-5-13-30(16-20)17-21-9-10-22(25(32)28-21)24(31)27-15-18-8-11-23-19(14-18)6-4-12-29(23)2/h8-11,14,20H,3-7,12-13,15-17H2,1-2H3,(H,27,31)(H,28,32). The van der Waals surface area contributed by atoms with Gasteiger partial charge in [-0.25, -0.2) is 0 Å². The Labute approximate surface area is 200 Å². The van der Waals surface area contributed by atoms with Crippen LogP contribution in [0.25, 0.3) is 0 Å². The number of anilines is 1. The second-order valence-electron chi connectivity index (χ2n) is 9.22. The minimum atomic E-state index is -0.402. The van der Waals surface area contributed by atoms with E-state index < -0.39 is 5.56 Å². The Kier molecular flexibility index (Phi) is 7.67. The lowest BCUT2D eigenvalue weighted by molar-refractivity contribution is -0.150. The van der Waals surface area contributed by atoms with Crippen LogP contribution >= 0.6 is 0 Å². The lowest BCUT2D eigenvalue weighted by Crippen LogP contribution is -2.39. The average molecular weight is 467 g/mol. The molecule has 2 aliphatic heterocycles. The third kappa shape index (κ3) is 5.67. The van der Waals surface area contributed by atoms with Crippen molar-refractivity contribution in [3.05, 3.63) is 63.1 Å². The molecule has 1 unspecified atom stereocenters. The third-order valence-corrected chi connectivity index (χ3v) is 6.68. The Morgan fingerprint density at radius 3 is 2.82 bits per heavy atom. The summed E-state index contributed by atoms with van der Waals surface area (Å²) in [6.45, 7) is 5.63. The number of esters is 1. The first-order valence-electron chi connectivity index (χ1n) is 12.2. The molecule has 8 heteroatoms. The fourth-order valence-corrected chi connectivity index (χ4v) is 4.90. The fraction of sp³-hybridized carbons (Fsp3) is 0.500. The molecule has 1 atom stereocenters. The topological polar surface area (TPSA) is 94.7 Å². The van der Waals surface area contributed by atoms with Gasteiger partial charge in [0, 0.05) is 44.6 Å². The predicted octanol–water partition coefficient (Wildman–Crippen LogP) is 2.46. The van der Waals surface area contributed by atoms with Crippen molar-refractivity contribution in [2.75, 3.05) is 38.2 Å². The van der Waals surface area contributed by atoms with Crippen molar-refractivity contribution in [1.82, 2.24) is 15.2 Å². The highest BCUT2D eigenvalue weighted by atomic mass is 16.5. The first kappa shape index (κ1) is 24.0. The van der Waals surface area contributed by atoms with E-state index in [0.29, 0.717) is 26.2 Å². The number of likely N-dealkylation sites (tertiary alicyclic amines) is 1. The molecule has 0 saturated carbocycles. The molecule has 0 radical (unpaired) electrons. The number of amides is 1. The molecule has 0 bridgehead atoms. The van der Waals surface area contributed by atoms with Crippen molar-refractivity contribution in [2.24, 2.45) is 5.92 Å². The number of H-pyrrole nitrogens is 1. The van der Waals surface area contributed by atoms with E-state index in [-0.39, 0.29) is 23.4 Å². The molecule has 4 rings (SSSR count). The van der Waals surface area contributed by atoms with E-state index in [1.807, 2.05) is 13.0 Å². The highest BCUT2D eigenvalue weighted by Crippen LogP contribution is 2.26. The number of nitrogens with one attached hydrogen (secondary N) is 2. The van der Waals surface area contributed by atoms with Crippen LogP contribution in [0.3, 0.4) is 0 Å². The van der Waals surface area contributed by atoms with Crippen LogP contribution in [0.2, 0.25) is 0 Å². The van der Waals surface area contributed by atoms with Gasteiger partial charge in [0.05, 0.1) is 12.5 Å². The van der Waals surface area contributed by atoms with E-state index in [4.69, 9.17) is 4.74 Å². The molecule has 1 saturated heterocycles. The first-order chi connectivity index (χ1) is 16.4. The molecule has 182 valence electrons. The van der Waals surface area contributed by atoms with Crippen molar-refractivity contribution in [2.45, 2.75) is 45.7 Å². The molecule has 0 aliphatic carbocycles. The van der Waals surface area contributed by atoms with Gasteiger partial charge in [0.25, 0.3) is 11.5 Å². The fourth-order valence-electron chi connectivity index (χ4n) is 4.90. The van der Waals surface area contributed by atoms with Crippen LogP contribution in [0.4, 0.5) is 5.69 Å². The number of aryl methyl sites for hydroxylation is 1. The second kappa shape index (κ2) is 10.9. The summed E-state index contributed by atoms with van der Waals surface area (Å²) >= 11 is 0. The van der Waals surface area contributed by atoms with Crippen molar-refractivity contribution in [3.8, 4) is 0 Å². The van der Waals surface area contributed by atoms with Crippen LogP contribution in [-0.2, 0) is 29.0 Å². The number of rotatable bonds is 7. The largest absolute Gasteiger partial charge is 0.466 e. The number of carbonyl (C=O) groups is 2. The minimum Gasteiger partial charge on any atom is -0.466 e. The molecule has 2 N–H and O–H groups in total. The van der Waals surface area contributed by atoms with Crippen LogP contribution in [-0.4, -0.2) is 55.0 Å². The summed E-state index contributed by atoms with van der Waals surface area (Å²) in [7, 11) is 2.10. The number of carbonyl (C=O) groups excluding carboxylic acids is 2. The smallest absolute Gasteiger partial charge is 0.310 e. The van der Waals surface area contributed by atoms with Gasteiger partial charge in [0.2, 0.25) is 0 Å². The molecule has 1 aromatic heterocycles. The number of ether oxygens (including phenoxy) is 1. The summed E-state index contributed by atoms with van der Waals surface area (Å²) in [5.41, 5.74) is 3.99. The van der Waals surface area contributed by atoms with Gasteiger partial charge in [-0.3, -0.25) is 19.3 Å². The highest BCUT2D eigenvalue weighted by molar-refractivity contribution is 5.93. The Bertz CT molecular complexity index is 1100. The third-order valence-electron chi connectivity index (χ3n) is 6.68. The van der Waals surface area contributed by atoms with E-state index in [2.05, 4.69) is 39.3 Å². The average Bonchev–Trinajstić information content (AvgIpc) is 2.83. The molecule has 1 amide bonds. The summed E-state index contributed by atoms with van der Waals surface area (Å²) in [5, 5.41) is 2.87. The van der Waals surface area contributed by atoms with Crippen LogP contribution in [0.1, 0.15) is 53.4 Å². The summed E-state index contributed by atoms with van der Waals surface area (Å²) in [6.07, 6.45) is 3.90. The SMILES string of the molecule is CCOC(=O)C1CCCN(Cc2ccc(C(=O)NCc3ccc4c(c3)CCCN4C)c(=O)[nH]2)C1. The van der Waals surface area contributed by atoms with Crippen LogP contribution in [0.5, 0.6) is 0 Å². The Balaban J connectivity index is 1.34. The maximum atomic E-state index is 12.7. The molecule has 2 aromatic rings. The number of piperidine rings is 1. The molecule has 8 nitrogen and oxygen atoms in total. The monoisotopic (exact) mass is 466 g/mol. The number of hydrogen-bond donors (Lipinski definition) is 2. The Hall–Kier alpha value is -3.13. The molecule has 0 spiro atoms. The lowest BCUT2D eigenvalue weighted by Gasteiger charge is -2.31. The number of aromatic amines is 1. The van der Waals surface area contributed by atoms with Gasteiger partial charge in [0.1, 0.15) is 5.56 Å². The molecule has 2 aliphatic rings. The van der Waals surface area contributed by atoms with E-state index >= 15 is 0 Å². The first-order valence-corrected chi connectivity index (χ1v) is 12.2. The van der Waals surface area contributed by atoms with Gasteiger partial charge in [-0.05, 0) is 68.5 Å². The number of nitrogens with zero attached hydrogens (tertiary/aromatic N) is 2. The van der Waals surface area contributed by atoms with Crippen LogP contribution < -0.4 is 15.8 Å². The minimum absolute atomic E-state index is 0.101. The van der Waals surface area contributed by atoms with Gasteiger partial charge >= 0.3 is 5.97 Å². The van der Waals surface area contributed by atoms with Crippen molar-refractivity contribution < 1.29 is 14.3 Å². The summed E-state index contributed by atoms with van der Waals surface area (Å²) in [5.74, 6) is -0.670. The zero-order valence-corrected chi connectivity index (χ0v) is 20.1. The van der Waals surface area contributed by atoms with Crippen molar-refractivity contribution in [1.29, 1.82) is 0 Å². The van der Waals surface area contributed by atoms with Crippen molar-refractivity contribution in [3.63, 3.8) is 0 Å². The molecule has 3 heterocycles. The van der Waals surface area contributed by atoms with Gasteiger partial charge in [-0.1, -0.05) is 12.1 Å². The Morgan fingerprint density at radius 1 is 1.18 bits per heavy atom.